The van der Waals surface area contributed by atoms with Crippen molar-refractivity contribution in [1.82, 2.24) is 0 Å². The first-order valence-corrected chi connectivity index (χ1v) is 12.1. The van der Waals surface area contributed by atoms with Gasteiger partial charge in [0.1, 0.15) is 36.9 Å². The van der Waals surface area contributed by atoms with Crippen molar-refractivity contribution in [2.75, 3.05) is 26.4 Å². The minimum absolute atomic E-state index is 0.00770. The van der Waals surface area contributed by atoms with Gasteiger partial charge in [0.05, 0.1) is 13.2 Å². The molecule has 4 bridgehead atoms. The monoisotopic (exact) mass is 412 g/mol. The summed E-state index contributed by atoms with van der Waals surface area (Å²) in [6.07, 6.45) is 8.88. The van der Waals surface area contributed by atoms with Crippen LogP contribution in [0.1, 0.15) is 70.4 Å². The Kier molecular flexibility index (Phi) is 4.45. The summed E-state index contributed by atoms with van der Waals surface area (Å²) >= 11 is 0. The average molecular weight is 413 g/mol. The van der Waals surface area contributed by atoms with Crippen molar-refractivity contribution in [3.63, 3.8) is 0 Å². The van der Waals surface area contributed by atoms with Gasteiger partial charge in [-0.1, -0.05) is 20.8 Å². The van der Waals surface area contributed by atoms with Crippen molar-refractivity contribution >= 4 is 0 Å². The van der Waals surface area contributed by atoms with E-state index in [9.17, 15) is 0 Å². The molecule has 4 saturated carbocycles. The number of epoxide rings is 2. The molecular formula is C26H36O4. The first-order valence-electron chi connectivity index (χ1n) is 12.1. The van der Waals surface area contributed by atoms with Gasteiger partial charge in [0.25, 0.3) is 0 Å². The molecule has 4 nitrogen and oxygen atoms in total. The number of ether oxygens (including phenoxy) is 4. The van der Waals surface area contributed by atoms with Crippen molar-refractivity contribution in [1.29, 1.82) is 0 Å². The van der Waals surface area contributed by atoms with E-state index < -0.39 is 0 Å². The summed E-state index contributed by atoms with van der Waals surface area (Å²) in [7, 11) is 0. The summed E-state index contributed by atoms with van der Waals surface area (Å²) in [5.41, 5.74) is 2.97. The van der Waals surface area contributed by atoms with Crippen LogP contribution >= 0.6 is 0 Å². The Hall–Kier alpha value is -1.26. The van der Waals surface area contributed by atoms with Crippen molar-refractivity contribution < 1.29 is 18.9 Å². The zero-order valence-corrected chi connectivity index (χ0v) is 18.7. The Morgan fingerprint density at radius 3 is 1.90 bits per heavy atom. The second kappa shape index (κ2) is 6.87. The molecule has 0 amide bonds. The number of hydrogen-bond acceptors (Lipinski definition) is 4. The van der Waals surface area contributed by atoms with Gasteiger partial charge in [-0.15, -0.1) is 0 Å². The summed E-state index contributed by atoms with van der Waals surface area (Å²) in [6, 6.07) is 4.57. The second-order valence-corrected chi connectivity index (χ2v) is 11.8. The lowest BCUT2D eigenvalue weighted by molar-refractivity contribution is -0.00666. The van der Waals surface area contributed by atoms with Gasteiger partial charge in [-0.25, -0.2) is 0 Å². The van der Waals surface area contributed by atoms with Crippen molar-refractivity contribution in [2.45, 2.75) is 82.3 Å². The van der Waals surface area contributed by atoms with Crippen molar-refractivity contribution in [3.05, 3.63) is 23.3 Å². The topological polar surface area (TPSA) is 43.5 Å². The fraction of sp³-hybridized carbons (Fsp3) is 0.769. The van der Waals surface area contributed by atoms with Crippen LogP contribution in [0.5, 0.6) is 11.5 Å². The lowest BCUT2D eigenvalue weighted by atomic mass is 9.48. The van der Waals surface area contributed by atoms with Gasteiger partial charge in [0.2, 0.25) is 0 Å². The smallest absolute Gasteiger partial charge is 0.127 e. The number of benzene rings is 1. The van der Waals surface area contributed by atoms with E-state index in [1.54, 1.807) is 0 Å². The van der Waals surface area contributed by atoms with E-state index in [1.165, 1.54) is 49.7 Å². The summed E-state index contributed by atoms with van der Waals surface area (Å²) in [5.74, 6) is 4.83. The average Bonchev–Trinajstić information content (AvgIpc) is 3.58. The van der Waals surface area contributed by atoms with Crippen LogP contribution in [0.4, 0.5) is 0 Å². The predicted octanol–water partition coefficient (Wildman–Crippen LogP) is 5.01. The summed E-state index contributed by atoms with van der Waals surface area (Å²) < 4.78 is 23.7. The van der Waals surface area contributed by atoms with Crippen LogP contribution in [0, 0.1) is 17.8 Å². The first kappa shape index (κ1) is 19.4. The third kappa shape index (κ3) is 3.64. The van der Waals surface area contributed by atoms with Crippen LogP contribution in [0.25, 0.3) is 0 Å². The van der Waals surface area contributed by atoms with Gasteiger partial charge in [0.15, 0.2) is 0 Å². The Bertz CT molecular complexity index is 780. The molecule has 0 radical (unpaired) electrons. The van der Waals surface area contributed by atoms with Crippen LogP contribution in [0.2, 0.25) is 0 Å². The van der Waals surface area contributed by atoms with Gasteiger partial charge >= 0.3 is 0 Å². The standard InChI is InChI=1S/C26H36O4/c1-25(2,3)22-7-19(27-12-20-13-28-20)8-23(24(22)30-15-21-14-29-21)26-9-16-4-17(10-26)6-18(5-16)11-26/h7-8,16-18,20-21H,4-6,9-15H2,1-3H3. The Labute approximate surface area is 180 Å². The van der Waals surface area contributed by atoms with Crippen LogP contribution in [-0.2, 0) is 20.3 Å². The molecule has 1 aromatic rings. The fourth-order valence-electron chi connectivity index (χ4n) is 6.93. The van der Waals surface area contributed by atoms with E-state index in [0.29, 0.717) is 13.2 Å². The van der Waals surface area contributed by atoms with Gasteiger partial charge < -0.3 is 18.9 Å². The van der Waals surface area contributed by atoms with E-state index >= 15 is 0 Å². The first-order chi connectivity index (χ1) is 14.4. The Morgan fingerprint density at radius 2 is 1.40 bits per heavy atom. The molecule has 0 spiro atoms. The molecule has 164 valence electrons. The van der Waals surface area contributed by atoms with Crippen molar-refractivity contribution in [3.8, 4) is 11.5 Å². The molecular weight excluding hydrogens is 376 g/mol. The molecule has 6 aliphatic rings. The summed E-state index contributed by atoms with van der Waals surface area (Å²) in [5, 5.41) is 0. The van der Waals surface area contributed by atoms with E-state index in [-0.39, 0.29) is 23.0 Å². The van der Waals surface area contributed by atoms with E-state index in [4.69, 9.17) is 18.9 Å². The highest BCUT2D eigenvalue weighted by atomic mass is 16.6. The van der Waals surface area contributed by atoms with Gasteiger partial charge in [-0.3, -0.25) is 0 Å². The van der Waals surface area contributed by atoms with Crippen LogP contribution in [0.15, 0.2) is 12.1 Å². The molecule has 2 atom stereocenters. The second-order valence-electron chi connectivity index (χ2n) is 11.8. The summed E-state index contributed by atoms with van der Waals surface area (Å²) in [6.45, 7) is 9.86. The Morgan fingerprint density at radius 1 is 0.867 bits per heavy atom. The van der Waals surface area contributed by atoms with Gasteiger partial charge in [-0.05, 0) is 79.2 Å². The molecule has 6 fully saturated rings. The highest BCUT2D eigenvalue weighted by Crippen LogP contribution is 2.62. The normalized spacial score (nSPS) is 38.6. The zero-order valence-electron chi connectivity index (χ0n) is 18.7. The zero-order chi connectivity index (χ0) is 20.5. The van der Waals surface area contributed by atoms with Crippen LogP contribution in [0.3, 0.4) is 0 Å². The predicted molar refractivity (Wildman–Crippen MR) is 115 cm³/mol. The number of hydrogen-bond donors (Lipinski definition) is 0. The van der Waals surface area contributed by atoms with Crippen molar-refractivity contribution in [2.24, 2.45) is 17.8 Å². The van der Waals surface area contributed by atoms with Gasteiger partial charge in [-0.2, -0.15) is 0 Å². The third-order valence-corrected chi connectivity index (χ3v) is 8.13. The van der Waals surface area contributed by atoms with E-state index in [1.807, 2.05) is 0 Å². The lowest BCUT2D eigenvalue weighted by Gasteiger charge is -2.57. The maximum absolute atomic E-state index is 6.60. The molecule has 2 heterocycles. The minimum atomic E-state index is -0.00770. The largest absolute Gasteiger partial charge is 0.491 e. The molecule has 0 aromatic heterocycles. The molecule has 30 heavy (non-hydrogen) atoms. The maximum atomic E-state index is 6.60. The Balaban J connectivity index is 1.43. The highest BCUT2D eigenvalue weighted by molar-refractivity contribution is 5.54. The fourth-order valence-corrected chi connectivity index (χ4v) is 6.93. The third-order valence-electron chi connectivity index (χ3n) is 8.13. The molecule has 4 heteroatoms. The minimum Gasteiger partial charge on any atom is -0.491 e. The molecule has 0 N–H and O–H groups in total. The number of rotatable bonds is 7. The van der Waals surface area contributed by atoms with E-state index in [0.717, 1.165) is 42.5 Å². The quantitative estimate of drug-likeness (QED) is 0.591. The molecule has 1 aromatic carbocycles. The lowest BCUT2D eigenvalue weighted by Crippen LogP contribution is -2.48. The molecule has 2 saturated heterocycles. The van der Waals surface area contributed by atoms with E-state index in [2.05, 4.69) is 32.9 Å². The molecule has 4 aliphatic carbocycles. The van der Waals surface area contributed by atoms with Crippen LogP contribution in [-0.4, -0.2) is 38.6 Å². The summed E-state index contributed by atoms with van der Waals surface area (Å²) in [4.78, 5) is 0. The highest BCUT2D eigenvalue weighted by Gasteiger charge is 2.53. The molecule has 2 aliphatic heterocycles. The molecule has 7 rings (SSSR count). The van der Waals surface area contributed by atoms with Crippen LogP contribution < -0.4 is 9.47 Å². The molecule has 2 unspecified atom stereocenters. The maximum Gasteiger partial charge on any atom is 0.127 e. The SMILES string of the molecule is CC(C)(C)c1cc(OCC2CO2)cc(C23CC4CC(CC(C4)C2)C3)c1OCC1CO1. The van der Waals surface area contributed by atoms with Gasteiger partial charge in [0, 0.05) is 11.1 Å².